The third kappa shape index (κ3) is 3.40. The van der Waals surface area contributed by atoms with Crippen molar-refractivity contribution in [3.63, 3.8) is 0 Å². The predicted molar refractivity (Wildman–Crippen MR) is 70.2 cm³/mol. The van der Waals surface area contributed by atoms with E-state index >= 15 is 0 Å². The maximum Gasteiger partial charge on any atom is 0.137 e. The maximum atomic E-state index is 12.0. The summed E-state index contributed by atoms with van der Waals surface area (Å²) in [7, 11) is 0. The molecular formula is C15H21NO. The van der Waals surface area contributed by atoms with Gasteiger partial charge in [-0.1, -0.05) is 23.8 Å². The van der Waals surface area contributed by atoms with E-state index < -0.39 is 0 Å². The molecule has 1 aliphatic rings. The lowest BCUT2D eigenvalue weighted by Crippen LogP contribution is -2.14. The van der Waals surface area contributed by atoms with Crippen LogP contribution < -0.4 is 5.32 Å². The summed E-state index contributed by atoms with van der Waals surface area (Å²) in [6.45, 7) is 6.24. The highest BCUT2D eigenvalue weighted by molar-refractivity contribution is 5.81. The Balaban J connectivity index is 1.95. The Morgan fingerprint density at radius 2 is 2.24 bits per heavy atom. The Labute approximate surface area is 103 Å². The van der Waals surface area contributed by atoms with Gasteiger partial charge in [-0.2, -0.15) is 0 Å². The van der Waals surface area contributed by atoms with Gasteiger partial charge in [0.05, 0.1) is 0 Å². The van der Waals surface area contributed by atoms with Crippen LogP contribution in [0.25, 0.3) is 0 Å². The van der Waals surface area contributed by atoms with E-state index in [-0.39, 0.29) is 0 Å². The van der Waals surface area contributed by atoms with Crippen molar-refractivity contribution in [2.24, 2.45) is 5.92 Å². The molecule has 17 heavy (non-hydrogen) atoms. The van der Waals surface area contributed by atoms with Gasteiger partial charge in [-0.05, 0) is 50.4 Å². The molecular weight excluding hydrogens is 210 g/mol. The zero-order chi connectivity index (χ0) is 12.3. The maximum absolute atomic E-state index is 12.0. The molecule has 1 heterocycles. The van der Waals surface area contributed by atoms with E-state index in [9.17, 15) is 4.79 Å². The first kappa shape index (κ1) is 12.3. The molecule has 92 valence electrons. The Kier molecular flexibility index (Phi) is 3.95. The highest BCUT2D eigenvalue weighted by atomic mass is 16.1. The van der Waals surface area contributed by atoms with Gasteiger partial charge in [0.15, 0.2) is 0 Å². The van der Waals surface area contributed by atoms with Crippen LogP contribution in [0.5, 0.6) is 0 Å². The number of nitrogens with one attached hydrogen (secondary N) is 1. The second-order valence-electron chi connectivity index (χ2n) is 5.21. The second kappa shape index (κ2) is 5.46. The summed E-state index contributed by atoms with van der Waals surface area (Å²) in [5.41, 5.74) is 3.66. The monoisotopic (exact) mass is 231 g/mol. The number of hydrogen-bond donors (Lipinski definition) is 1. The standard InChI is InChI=1S/C15H21NO/c1-11-3-4-12(2)14(7-11)9-15(17)8-13-5-6-16-10-13/h3-4,7,13,16H,5-6,8-10H2,1-2H3. The molecule has 1 saturated heterocycles. The normalized spacial score (nSPS) is 19.5. The molecule has 0 bridgehead atoms. The number of carbonyl (C=O) groups excluding carboxylic acids is 1. The minimum atomic E-state index is 0.382. The van der Waals surface area contributed by atoms with Crippen LogP contribution >= 0.6 is 0 Å². The quantitative estimate of drug-likeness (QED) is 0.862. The molecule has 1 N–H and O–H groups in total. The van der Waals surface area contributed by atoms with Crippen molar-refractivity contribution in [3.05, 3.63) is 34.9 Å². The predicted octanol–water partition coefficient (Wildman–Crippen LogP) is 2.41. The number of aryl methyl sites for hydroxylation is 2. The van der Waals surface area contributed by atoms with E-state index in [1.165, 1.54) is 16.7 Å². The van der Waals surface area contributed by atoms with Crippen LogP contribution in [0, 0.1) is 19.8 Å². The van der Waals surface area contributed by atoms with E-state index in [4.69, 9.17) is 0 Å². The summed E-state index contributed by atoms with van der Waals surface area (Å²) >= 11 is 0. The lowest BCUT2D eigenvalue weighted by atomic mass is 9.95. The molecule has 2 rings (SSSR count). The molecule has 1 aromatic carbocycles. The number of ketones is 1. The van der Waals surface area contributed by atoms with Gasteiger partial charge < -0.3 is 5.32 Å². The molecule has 0 aliphatic carbocycles. The van der Waals surface area contributed by atoms with Gasteiger partial charge >= 0.3 is 0 Å². The molecule has 1 fully saturated rings. The molecule has 1 atom stereocenters. The Morgan fingerprint density at radius 3 is 2.94 bits per heavy atom. The van der Waals surface area contributed by atoms with Crippen molar-refractivity contribution in [1.29, 1.82) is 0 Å². The summed E-state index contributed by atoms with van der Waals surface area (Å²) in [5, 5.41) is 3.31. The van der Waals surface area contributed by atoms with Crippen LogP contribution in [-0.4, -0.2) is 18.9 Å². The fourth-order valence-electron chi connectivity index (χ4n) is 2.49. The van der Waals surface area contributed by atoms with Crippen molar-refractivity contribution in [2.45, 2.75) is 33.1 Å². The Bertz CT molecular complexity index is 405. The minimum absolute atomic E-state index is 0.382. The molecule has 1 aromatic rings. The summed E-state index contributed by atoms with van der Waals surface area (Å²) in [6.07, 6.45) is 2.49. The van der Waals surface area contributed by atoms with Gasteiger partial charge in [-0.15, -0.1) is 0 Å². The van der Waals surface area contributed by atoms with Crippen LogP contribution in [-0.2, 0) is 11.2 Å². The van der Waals surface area contributed by atoms with Gasteiger partial charge in [-0.3, -0.25) is 4.79 Å². The number of rotatable bonds is 4. The molecule has 0 amide bonds. The van der Waals surface area contributed by atoms with Gasteiger partial charge in [0, 0.05) is 12.8 Å². The van der Waals surface area contributed by atoms with Crippen molar-refractivity contribution in [1.82, 2.24) is 5.32 Å². The van der Waals surface area contributed by atoms with Crippen molar-refractivity contribution < 1.29 is 4.79 Å². The Hall–Kier alpha value is -1.15. The highest BCUT2D eigenvalue weighted by Gasteiger charge is 2.18. The fourth-order valence-corrected chi connectivity index (χ4v) is 2.49. The van der Waals surface area contributed by atoms with E-state index in [1.807, 2.05) is 0 Å². The number of benzene rings is 1. The zero-order valence-electron chi connectivity index (χ0n) is 10.8. The molecule has 1 aliphatic heterocycles. The molecule has 2 heteroatoms. The van der Waals surface area contributed by atoms with Gasteiger partial charge in [0.1, 0.15) is 5.78 Å². The van der Waals surface area contributed by atoms with Gasteiger partial charge in [0.25, 0.3) is 0 Å². The first-order chi connectivity index (χ1) is 8.15. The molecule has 2 nitrogen and oxygen atoms in total. The molecule has 0 spiro atoms. The second-order valence-corrected chi connectivity index (χ2v) is 5.21. The minimum Gasteiger partial charge on any atom is -0.316 e. The van der Waals surface area contributed by atoms with Gasteiger partial charge in [-0.25, -0.2) is 0 Å². The smallest absolute Gasteiger partial charge is 0.137 e. The zero-order valence-corrected chi connectivity index (χ0v) is 10.8. The first-order valence-electron chi connectivity index (χ1n) is 6.43. The summed E-state index contributed by atoms with van der Waals surface area (Å²) < 4.78 is 0. The van der Waals surface area contributed by atoms with Crippen LogP contribution in [0.15, 0.2) is 18.2 Å². The lowest BCUT2D eigenvalue weighted by molar-refractivity contribution is -0.119. The average molecular weight is 231 g/mol. The highest BCUT2D eigenvalue weighted by Crippen LogP contribution is 2.16. The summed E-state index contributed by atoms with van der Waals surface area (Å²) in [6, 6.07) is 6.35. The number of Topliss-reactive ketones (excluding diaryl/α,β-unsaturated/α-hetero) is 1. The summed E-state index contributed by atoms with van der Waals surface area (Å²) in [4.78, 5) is 12.0. The first-order valence-corrected chi connectivity index (χ1v) is 6.43. The van der Waals surface area contributed by atoms with Crippen molar-refractivity contribution in [2.75, 3.05) is 13.1 Å². The van der Waals surface area contributed by atoms with Gasteiger partial charge in [0.2, 0.25) is 0 Å². The van der Waals surface area contributed by atoms with E-state index in [0.29, 0.717) is 18.1 Å². The van der Waals surface area contributed by atoms with Crippen LogP contribution in [0.3, 0.4) is 0 Å². The van der Waals surface area contributed by atoms with Crippen LogP contribution in [0.1, 0.15) is 29.5 Å². The van der Waals surface area contributed by atoms with E-state index in [1.54, 1.807) is 0 Å². The van der Waals surface area contributed by atoms with Crippen molar-refractivity contribution in [3.8, 4) is 0 Å². The van der Waals surface area contributed by atoms with Crippen LogP contribution in [0.2, 0.25) is 0 Å². The summed E-state index contributed by atoms with van der Waals surface area (Å²) in [5.74, 6) is 0.944. The third-order valence-electron chi connectivity index (χ3n) is 3.57. The molecule has 1 unspecified atom stereocenters. The van der Waals surface area contributed by atoms with E-state index in [2.05, 4.69) is 37.4 Å². The number of carbonyl (C=O) groups is 1. The van der Waals surface area contributed by atoms with Crippen molar-refractivity contribution >= 4 is 5.78 Å². The average Bonchev–Trinajstić information content (AvgIpc) is 2.76. The fraction of sp³-hybridized carbons (Fsp3) is 0.533. The molecule has 0 saturated carbocycles. The SMILES string of the molecule is Cc1ccc(C)c(CC(=O)CC2CCNC2)c1. The largest absolute Gasteiger partial charge is 0.316 e. The van der Waals surface area contributed by atoms with E-state index in [0.717, 1.165) is 25.9 Å². The topological polar surface area (TPSA) is 29.1 Å². The third-order valence-corrected chi connectivity index (χ3v) is 3.57. The van der Waals surface area contributed by atoms with Crippen LogP contribution in [0.4, 0.5) is 0 Å². The Morgan fingerprint density at radius 1 is 1.41 bits per heavy atom. The lowest BCUT2D eigenvalue weighted by Gasteiger charge is -2.09. The number of hydrogen-bond acceptors (Lipinski definition) is 2. The molecule has 0 aromatic heterocycles. The molecule has 0 radical (unpaired) electrons.